The van der Waals surface area contributed by atoms with E-state index < -0.39 is 10.0 Å². The van der Waals surface area contributed by atoms with Crippen LogP contribution < -0.4 is 5.32 Å². The molecule has 1 saturated heterocycles. The molecule has 0 saturated carbocycles. The Balaban J connectivity index is 1.32. The molecule has 10 heteroatoms. The second kappa shape index (κ2) is 9.39. The Morgan fingerprint density at radius 3 is 2.52 bits per heavy atom. The van der Waals surface area contributed by atoms with Gasteiger partial charge in [0.1, 0.15) is 11.0 Å². The second-order valence-electron chi connectivity index (χ2n) is 7.56. The van der Waals surface area contributed by atoms with E-state index in [0.717, 1.165) is 35.6 Å². The average molecular weight is 460 g/mol. The summed E-state index contributed by atoms with van der Waals surface area (Å²) in [6, 6.07) is 12.6. The van der Waals surface area contributed by atoms with E-state index in [-0.39, 0.29) is 12.5 Å². The zero-order valence-corrected chi connectivity index (χ0v) is 19.0. The van der Waals surface area contributed by atoms with Gasteiger partial charge in [0.15, 0.2) is 0 Å². The van der Waals surface area contributed by atoms with Crippen molar-refractivity contribution in [2.24, 2.45) is 0 Å². The van der Waals surface area contributed by atoms with Crippen molar-refractivity contribution >= 4 is 44.4 Å². The lowest BCUT2D eigenvalue weighted by molar-refractivity contribution is -0.117. The molecule has 31 heavy (non-hydrogen) atoms. The predicted molar refractivity (Wildman–Crippen MR) is 122 cm³/mol. The van der Waals surface area contributed by atoms with E-state index in [1.54, 1.807) is 18.2 Å². The van der Waals surface area contributed by atoms with Gasteiger partial charge in [-0.1, -0.05) is 31.5 Å². The Kier molecular flexibility index (Phi) is 6.61. The number of nitrogens with one attached hydrogen (secondary N) is 1. The van der Waals surface area contributed by atoms with Crippen LogP contribution in [0, 0.1) is 0 Å². The summed E-state index contributed by atoms with van der Waals surface area (Å²) in [5.74, 6) is -0.150. The summed E-state index contributed by atoms with van der Waals surface area (Å²) >= 11 is 1.11. The van der Waals surface area contributed by atoms with Crippen molar-refractivity contribution < 1.29 is 13.2 Å². The minimum Gasteiger partial charge on any atom is -0.323 e. The molecule has 1 aromatic heterocycles. The summed E-state index contributed by atoms with van der Waals surface area (Å²) in [7, 11) is -3.52. The number of amides is 1. The first-order chi connectivity index (χ1) is 15.0. The number of hydrogen-bond acceptors (Lipinski definition) is 7. The van der Waals surface area contributed by atoms with Crippen LogP contribution >= 0.6 is 11.7 Å². The molecule has 1 aliphatic rings. The average Bonchev–Trinajstić information content (AvgIpc) is 3.25. The molecule has 0 unspecified atom stereocenters. The first-order valence-electron chi connectivity index (χ1n) is 10.3. The summed E-state index contributed by atoms with van der Waals surface area (Å²) in [6.45, 7) is 4.02. The smallest absolute Gasteiger partial charge is 0.243 e. The third-order valence-electron chi connectivity index (χ3n) is 5.36. The van der Waals surface area contributed by atoms with Crippen molar-refractivity contribution in [3.63, 3.8) is 0 Å². The molecule has 4 rings (SSSR count). The van der Waals surface area contributed by atoms with Crippen LogP contribution in [0.4, 0.5) is 5.69 Å². The molecule has 1 amide bonds. The molecule has 0 bridgehead atoms. The molecule has 8 nitrogen and oxygen atoms in total. The fourth-order valence-electron chi connectivity index (χ4n) is 3.69. The molecule has 2 heterocycles. The maximum absolute atomic E-state index is 12.9. The van der Waals surface area contributed by atoms with Crippen LogP contribution in [0.2, 0.25) is 0 Å². The van der Waals surface area contributed by atoms with Crippen molar-refractivity contribution in [2.75, 3.05) is 38.0 Å². The summed E-state index contributed by atoms with van der Waals surface area (Å²) in [5.41, 5.74) is 3.22. The number of carbonyl (C=O) groups is 1. The minimum atomic E-state index is -3.52. The second-order valence-corrected chi connectivity index (χ2v) is 10.0. The number of piperazine rings is 1. The number of aryl methyl sites for hydroxylation is 1. The van der Waals surface area contributed by atoms with Gasteiger partial charge < -0.3 is 5.32 Å². The van der Waals surface area contributed by atoms with Gasteiger partial charge in [0, 0.05) is 26.2 Å². The fourth-order valence-corrected chi connectivity index (χ4v) is 5.67. The Morgan fingerprint density at radius 1 is 1.06 bits per heavy atom. The number of hydrogen-bond donors (Lipinski definition) is 1. The van der Waals surface area contributed by atoms with Gasteiger partial charge in [-0.05, 0) is 36.2 Å². The van der Waals surface area contributed by atoms with E-state index in [9.17, 15) is 13.2 Å². The first-order valence-corrected chi connectivity index (χ1v) is 12.5. The summed E-state index contributed by atoms with van der Waals surface area (Å²) in [4.78, 5) is 14.8. The first kappa shape index (κ1) is 21.8. The molecule has 0 atom stereocenters. The van der Waals surface area contributed by atoms with Crippen molar-refractivity contribution in [3.8, 4) is 0 Å². The number of anilines is 1. The van der Waals surface area contributed by atoms with E-state index in [1.807, 2.05) is 29.2 Å². The molecule has 2 aromatic carbocycles. The van der Waals surface area contributed by atoms with Crippen LogP contribution in [0.1, 0.15) is 18.9 Å². The zero-order chi connectivity index (χ0) is 21.8. The largest absolute Gasteiger partial charge is 0.323 e. The van der Waals surface area contributed by atoms with Gasteiger partial charge in [-0.25, -0.2) is 8.42 Å². The maximum atomic E-state index is 12.9. The monoisotopic (exact) mass is 459 g/mol. The number of nitrogens with zero attached hydrogens (tertiary/aromatic N) is 4. The van der Waals surface area contributed by atoms with Crippen molar-refractivity contribution in [3.05, 3.63) is 48.0 Å². The molecule has 1 aliphatic heterocycles. The fraction of sp³-hybridized carbons (Fsp3) is 0.381. The highest BCUT2D eigenvalue weighted by atomic mass is 32.2. The number of rotatable bonds is 7. The molecule has 0 spiro atoms. The highest BCUT2D eigenvalue weighted by Gasteiger charge is 2.29. The van der Waals surface area contributed by atoms with Gasteiger partial charge in [0.25, 0.3) is 0 Å². The topological polar surface area (TPSA) is 95.5 Å². The van der Waals surface area contributed by atoms with Gasteiger partial charge in [-0.15, -0.1) is 0 Å². The van der Waals surface area contributed by atoms with Crippen molar-refractivity contribution in [1.82, 2.24) is 18.0 Å². The van der Waals surface area contributed by atoms with E-state index >= 15 is 0 Å². The molecule has 1 N–H and O–H groups in total. The highest BCUT2D eigenvalue weighted by molar-refractivity contribution is 7.89. The lowest BCUT2D eigenvalue weighted by atomic mass is 10.1. The molecule has 0 aliphatic carbocycles. The third-order valence-corrected chi connectivity index (χ3v) is 7.81. The van der Waals surface area contributed by atoms with Crippen LogP contribution in [-0.2, 0) is 21.2 Å². The van der Waals surface area contributed by atoms with Crippen molar-refractivity contribution in [2.45, 2.75) is 24.7 Å². The number of carbonyl (C=O) groups excluding carboxylic acids is 1. The lowest BCUT2D eigenvalue weighted by Crippen LogP contribution is -2.50. The number of sulfonamides is 1. The van der Waals surface area contributed by atoms with Crippen molar-refractivity contribution in [1.29, 1.82) is 0 Å². The van der Waals surface area contributed by atoms with E-state index in [0.29, 0.717) is 42.3 Å². The molecule has 164 valence electrons. The Morgan fingerprint density at radius 2 is 1.81 bits per heavy atom. The van der Waals surface area contributed by atoms with Gasteiger partial charge in [0.05, 0.1) is 28.9 Å². The lowest BCUT2D eigenvalue weighted by Gasteiger charge is -2.33. The molecule has 0 radical (unpaired) electrons. The van der Waals surface area contributed by atoms with Gasteiger partial charge in [-0.2, -0.15) is 13.1 Å². The van der Waals surface area contributed by atoms with Crippen LogP contribution in [-0.4, -0.2) is 65.0 Å². The van der Waals surface area contributed by atoms with E-state index in [4.69, 9.17) is 0 Å². The molecular weight excluding hydrogens is 434 g/mol. The van der Waals surface area contributed by atoms with Gasteiger partial charge in [0.2, 0.25) is 15.9 Å². The predicted octanol–water partition coefficient (Wildman–Crippen LogP) is 2.59. The molecule has 3 aromatic rings. The normalized spacial score (nSPS) is 15.9. The molecular formula is C21H25N5O3S2. The number of fused-ring (bicyclic) bond motifs is 1. The third kappa shape index (κ3) is 4.93. The van der Waals surface area contributed by atoms with E-state index in [1.165, 1.54) is 4.31 Å². The summed E-state index contributed by atoms with van der Waals surface area (Å²) < 4.78 is 35.8. The van der Waals surface area contributed by atoms with Gasteiger partial charge >= 0.3 is 0 Å². The quantitative estimate of drug-likeness (QED) is 0.584. The Hall–Kier alpha value is -2.40. The SMILES string of the molecule is CCCc1ccc(S(=O)(=O)N2CCN(CC(=O)Nc3cccc4nsnc34)CC2)cc1. The molecule has 1 fully saturated rings. The number of benzene rings is 2. The highest BCUT2D eigenvalue weighted by Crippen LogP contribution is 2.22. The van der Waals surface area contributed by atoms with Gasteiger partial charge in [-0.3, -0.25) is 9.69 Å². The zero-order valence-electron chi connectivity index (χ0n) is 17.3. The van der Waals surface area contributed by atoms with Crippen LogP contribution in [0.5, 0.6) is 0 Å². The Labute approximate surface area is 186 Å². The summed E-state index contributed by atoms with van der Waals surface area (Å²) in [6.07, 6.45) is 1.96. The summed E-state index contributed by atoms with van der Waals surface area (Å²) in [5, 5.41) is 2.89. The maximum Gasteiger partial charge on any atom is 0.243 e. The minimum absolute atomic E-state index is 0.150. The van der Waals surface area contributed by atoms with Crippen LogP contribution in [0.3, 0.4) is 0 Å². The standard InChI is InChI=1S/C21H25N5O3S2/c1-2-4-16-7-9-17(10-8-16)31(28,29)26-13-11-25(12-14-26)15-20(27)22-18-5-3-6-19-21(18)24-30-23-19/h3,5-10H,2,4,11-15H2,1H3,(H,22,27). The van der Waals surface area contributed by atoms with E-state index in [2.05, 4.69) is 21.0 Å². The van der Waals surface area contributed by atoms with Crippen LogP contribution in [0.15, 0.2) is 47.4 Å². The number of aromatic nitrogens is 2. The Bertz CT molecular complexity index is 1150. The van der Waals surface area contributed by atoms with Crippen LogP contribution in [0.25, 0.3) is 11.0 Å².